The van der Waals surface area contributed by atoms with Crippen LogP contribution in [0.4, 0.5) is 79.0 Å². The molecule has 0 N–H and O–H groups in total. The summed E-state index contributed by atoms with van der Waals surface area (Å²) in [7, 11) is 0. The maximum absolute atomic E-state index is 10.9. The maximum atomic E-state index is 10.9. The molecule has 0 spiro atoms. The summed E-state index contributed by atoms with van der Waals surface area (Å²) in [4.78, 5) is 0. The van der Waals surface area contributed by atoms with Crippen molar-refractivity contribution in [2.75, 3.05) is 0 Å². The van der Waals surface area contributed by atoms with Gasteiger partial charge in [-0.05, 0) is 0 Å². The molecule has 0 bridgehead atoms. The first-order chi connectivity index (χ1) is 12.5. The Hall–Kier alpha value is -0.874. The molecule has 31 heavy (non-hydrogen) atoms. The molecule has 0 atom stereocenters. The minimum Gasteiger partial charge on any atom is -0.839 e. The van der Waals surface area contributed by atoms with Crippen molar-refractivity contribution < 1.29 is 111 Å². The summed E-state index contributed by atoms with van der Waals surface area (Å²) >= 11 is 0. The summed E-state index contributed by atoms with van der Waals surface area (Å²) in [6, 6.07) is 0. The van der Waals surface area contributed by atoms with Gasteiger partial charge in [0.2, 0.25) is 0 Å². The van der Waals surface area contributed by atoms with Gasteiger partial charge in [-0.1, -0.05) is 0 Å². The SMILES string of the molecule is [Co+3].[O-]C(C(F)(F)F)C(F)(F)F.[O-]C(C(F)(F)F)C(F)(F)F.[O-]C(C(F)(F)F)C(F)(F)F. The van der Waals surface area contributed by atoms with Crippen LogP contribution in [0.2, 0.25) is 0 Å². The van der Waals surface area contributed by atoms with Crippen LogP contribution in [0.1, 0.15) is 0 Å². The number of alkyl halides is 18. The molecule has 0 aromatic rings. The predicted octanol–water partition coefficient (Wildman–Crippen LogP) is 2.52. The van der Waals surface area contributed by atoms with E-state index in [2.05, 4.69) is 0 Å². The van der Waals surface area contributed by atoms with Gasteiger partial charge in [-0.3, -0.25) is 0 Å². The third-order valence-electron chi connectivity index (χ3n) is 1.78. The zero-order valence-electron chi connectivity index (χ0n) is 13.1. The number of halogens is 18. The molecule has 0 amide bonds. The molecule has 192 valence electrons. The van der Waals surface area contributed by atoms with Gasteiger partial charge in [0.1, 0.15) is 0 Å². The van der Waals surface area contributed by atoms with E-state index in [1.165, 1.54) is 0 Å². The van der Waals surface area contributed by atoms with Crippen LogP contribution >= 0.6 is 0 Å². The third-order valence-corrected chi connectivity index (χ3v) is 1.78. The van der Waals surface area contributed by atoms with Crippen molar-refractivity contribution in [2.45, 2.75) is 55.4 Å². The maximum Gasteiger partial charge on any atom is 3.00 e. The van der Waals surface area contributed by atoms with Gasteiger partial charge in [0.05, 0.1) is 18.3 Å². The topological polar surface area (TPSA) is 69.2 Å². The second-order valence-corrected chi connectivity index (χ2v) is 4.39. The molecular weight excluding hydrogens is 557 g/mol. The zero-order chi connectivity index (χ0) is 25.7. The summed E-state index contributed by atoms with van der Waals surface area (Å²) in [5.41, 5.74) is 0. The minimum atomic E-state index is -5.74. The molecule has 0 aliphatic rings. The van der Waals surface area contributed by atoms with Crippen LogP contribution in [0.3, 0.4) is 0 Å². The quantitative estimate of drug-likeness (QED) is 0.428. The third kappa shape index (κ3) is 17.4. The van der Waals surface area contributed by atoms with Crippen molar-refractivity contribution >= 4 is 0 Å². The van der Waals surface area contributed by atoms with Crippen molar-refractivity contribution in [3.05, 3.63) is 0 Å². The summed E-state index contributed by atoms with van der Waals surface area (Å²) in [6.45, 7) is 0. The van der Waals surface area contributed by atoms with E-state index in [0.29, 0.717) is 0 Å². The average molecular weight is 560 g/mol. The largest absolute Gasteiger partial charge is 3.00 e. The van der Waals surface area contributed by atoms with Crippen LogP contribution in [0.15, 0.2) is 0 Å². The van der Waals surface area contributed by atoms with Crippen LogP contribution in [-0.2, 0) is 16.8 Å². The van der Waals surface area contributed by atoms with Crippen LogP contribution in [0.5, 0.6) is 0 Å². The normalized spacial score (nSPS) is 13.9. The number of hydrogen-bond acceptors (Lipinski definition) is 3. The minimum absolute atomic E-state index is 0. The molecule has 22 heteroatoms. The van der Waals surface area contributed by atoms with Crippen molar-refractivity contribution in [1.29, 1.82) is 0 Å². The van der Waals surface area contributed by atoms with Crippen molar-refractivity contribution in [1.82, 2.24) is 0 Å². The fourth-order valence-electron chi connectivity index (χ4n) is 0.557. The molecule has 0 radical (unpaired) electrons. The Bertz CT molecular complexity index is 369. The molecule has 0 heterocycles. The van der Waals surface area contributed by atoms with E-state index in [9.17, 15) is 94.3 Å². The smallest absolute Gasteiger partial charge is 0.839 e. The molecule has 0 fully saturated rings. The molecule has 0 rings (SSSR count). The first-order valence-electron chi connectivity index (χ1n) is 5.84. The number of hydrogen-bond donors (Lipinski definition) is 0. The van der Waals surface area contributed by atoms with Gasteiger partial charge < -0.3 is 15.3 Å². The predicted molar refractivity (Wildman–Crippen MR) is 47.7 cm³/mol. The average Bonchev–Trinajstić information content (AvgIpc) is 2.40. The standard InChI is InChI=1S/3C3HF6O.Co/c3*4-2(5,6)1(10)3(7,8)9;/h3*1H;/q3*-1;+3. The van der Waals surface area contributed by atoms with E-state index in [4.69, 9.17) is 0 Å². The van der Waals surface area contributed by atoms with Gasteiger partial charge in [-0.25, -0.2) is 0 Å². The van der Waals surface area contributed by atoms with Crippen LogP contribution < -0.4 is 15.3 Å². The number of rotatable bonds is 0. The monoisotopic (exact) mass is 560 g/mol. The second-order valence-electron chi connectivity index (χ2n) is 4.39. The summed E-state index contributed by atoms with van der Waals surface area (Å²) in [5.74, 6) is 0. The van der Waals surface area contributed by atoms with Gasteiger partial charge in [0.25, 0.3) is 0 Å². The first-order valence-corrected chi connectivity index (χ1v) is 5.84. The molecule has 0 aliphatic carbocycles. The molecule has 0 saturated carbocycles. The van der Waals surface area contributed by atoms with Crippen molar-refractivity contribution in [3.63, 3.8) is 0 Å². The van der Waals surface area contributed by atoms with E-state index in [-0.39, 0.29) is 16.8 Å². The van der Waals surface area contributed by atoms with E-state index in [0.717, 1.165) is 0 Å². The summed E-state index contributed by atoms with van der Waals surface area (Å²) in [6.07, 6.45) is -47.9. The molecule has 0 aliphatic heterocycles. The van der Waals surface area contributed by atoms with Gasteiger partial charge in [0.15, 0.2) is 0 Å². The van der Waals surface area contributed by atoms with Gasteiger partial charge in [0, 0.05) is 0 Å². The van der Waals surface area contributed by atoms with E-state index in [1.807, 2.05) is 0 Å². The van der Waals surface area contributed by atoms with E-state index in [1.54, 1.807) is 0 Å². The Kier molecular flexibility index (Phi) is 14.3. The Balaban J connectivity index is -0.000000174. The summed E-state index contributed by atoms with van der Waals surface area (Å²) < 4.78 is 196. The Morgan fingerprint density at radius 3 is 0.355 bits per heavy atom. The van der Waals surface area contributed by atoms with E-state index >= 15 is 0 Å². The molecule has 0 aromatic carbocycles. The zero-order valence-corrected chi connectivity index (χ0v) is 14.1. The molecule has 0 aromatic heterocycles. The molecule has 0 saturated heterocycles. The van der Waals surface area contributed by atoms with Crippen LogP contribution in [0.25, 0.3) is 0 Å². The first kappa shape index (κ1) is 37.4. The Labute approximate surface area is 167 Å². The van der Waals surface area contributed by atoms with Crippen LogP contribution in [0, 0.1) is 0 Å². The molecule has 3 nitrogen and oxygen atoms in total. The van der Waals surface area contributed by atoms with Crippen molar-refractivity contribution in [2.24, 2.45) is 0 Å². The fraction of sp³-hybridized carbons (Fsp3) is 1.00. The van der Waals surface area contributed by atoms with Crippen LogP contribution in [-0.4, -0.2) is 55.4 Å². The fourth-order valence-corrected chi connectivity index (χ4v) is 0.557. The Morgan fingerprint density at radius 2 is 0.355 bits per heavy atom. The van der Waals surface area contributed by atoms with Gasteiger partial charge in [-0.15, -0.1) is 0 Å². The molecular formula is C9H3CoF18O3. The van der Waals surface area contributed by atoms with E-state index < -0.39 is 55.4 Å². The summed E-state index contributed by atoms with van der Waals surface area (Å²) in [5, 5.41) is 28.0. The van der Waals surface area contributed by atoms with Gasteiger partial charge >= 0.3 is 53.8 Å². The second kappa shape index (κ2) is 11.8. The van der Waals surface area contributed by atoms with Crippen molar-refractivity contribution in [3.8, 4) is 0 Å². The van der Waals surface area contributed by atoms with Gasteiger partial charge in [-0.2, -0.15) is 79.0 Å². The Morgan fingerprint density at radius 1 is 0.290 bits per heavy atom. The molecule has 0 unspecified atom stereocenters.